The Morgan fingerprint density at radius 2 is 2.14 bits per heavy atom. The summed E-state index contributed by atoms with van der Waals surface area (Å²) in [5, 5.41) is 2.78. The molecule has 2 aliphatic heterocycles. The minimum atomic E-state index is -4.28. The van der Waals surface area contributed by atoms with Crippen molar-refractivity contribution >= 4 is 5.71 Å². The Hall–Kier alpha value is -2.02. The van der Waals surface area contributed by atoms with E-state index in [2.05, 4.69) is 4.99 Å². The van der Waals surface area contributed by atoms with E-state index in [0.717, 1.165) is 12.5 Å². The number of nitrogens with zero attached hydrogens (tertiary/aromatic N) is 3. The van der Waals surface area contributed by atoms with E-state index in [-0.39, 0.29) is 6.54 Å². The quantitative estimate of drug-likeness (QED) is 0.839. The molecule has 0 aromatic carbocycles. The van der Waals surface area contributed by atoms with Gasteiger partial charge in [-0.3, -0.25) is 5.01 Å². The summed E-state index contributed by atoms with van der Waals surface area (Å²) in [6, 6.07) is 0.199. The lowest BCUT2D eigenvalue weighted by atomic mass is 10.1. The van der Waals surface area contributed by atoms with Gasteiger partial charge in [-0.1, -0.05) is 0 Å². The fourth-order valence-electron chi connectivity index (χ4n) is 2.42. The second-order valence-corrected chi connectivity index (χ2v) is 5.01. The molecule has 7 heteroatoms. The number of allylic oxidation sites excluding steroid dienone is 2. The van der Waals surface area contributed by atoms with Gasteiger partial charge in [0.15, 0.2) is 0 Å². The lowest BCUT2D eigenvalue weighted by molar-refractivity contribution is -0.201. The smallest absolute Gasteiger partial charge is 0.405 e. The highest BCUT2D eigenvalue weighted by Gasteiger charge is 2.45. The van der Waals surface area contributed by atoms with Gasteiger partial charge in [-0.15, -0.1) is 0 Å². The molecule has 0 saturated heterocycles. The van der Waals surface area contributed by atoms with E-state index in [0.29, 0.717) is 17.2 Å². The molecule has 0 radical (unpaired) electrons. The zero-order valence-electron chi connectivity index (χ0n) is 11.6. The number of hydrogen-bond acceptors (Lipinski definition) is 4. The van der Waals surface area contributed by atoms with Crippen LogP contribution < -0.4 is 0 Å². The molecule has 1 atom stereocenters. The fraction of sp³-hybridized carbons (Fsp3) is 0.357. The van der Waals surface area contributed by atoms with E-state index in [1.54, 1.807) is 31.4 Å². The Kier molecular flexibility index (Phi) is 3.16. The summed E-state index contributed by atoms with van der Waals surface area (Å²) < 4.78 is 43.8. The van der Waals surface area contributed by atoms with E-state index in [4.69, 9.17) is 4.42 Å². The highest BCUT2D eigenvalue weighted by molar-refractivity contribution is 6.09. The lowest BCUT2D eigenvalue weighted by Gasteiger charge is -2.37. The maximum absolute atomic E-state index is 12.9. The standard InChI is InChI=1S/C14H14F3N3O/c1-9-7-12(11-4-6-21-8-11)18-13-3-5-19(20(9)13)10(2)14(15,16)17/h3-4,6-8,10H,5H2,1-2H3/t10-/m1/s1. The highest BCUT2D eigenvalue weighted by atomic mass is 19.4. The summed E-state index contributed by atoms with van der Waals surface area (Å²) in [5.41, 5.74) is 2.18. The maximum atomic E-state index is 12.9. The van der Waals surface area contributed by atoms with E-state index in [9.17, 15) is 13.2 Å². The first-order valence-electron chi connectivity index (χ1n) is 6.51. The molecule has 0 unspecified atom stereocenters. The van der Waals surface area contributed by atoms with Gasteiger partial charge < -0.3 is 4.42 Å². The van der Waals surface area contributed by atoms with Crippen molar-refractivity contribution in [3.63, 3.8) is 0 Å². The maximum Gasteiger partial charge on any atom is 0.405 e. The van der Waals surface area contributed by atoms with Crippen molar-refractivity contribution in [3.8, 4) is 0 Å². The summed E-state index contributed by atoms with van der Waals surface area (Å²) in [7, 11) is 0. The first-order valence-corrected chi connectivity index (χ1v) is 6.51. The Labute approximate surface area is 119 Å². The molecule has 112 valence electrons. The third kappa shape index (κ3) is 2.37. The van der Waals surface area contributed by atoms with Gasteiger partial charge in [0.05, 0.1) is 18.2 Å². The third-order valence-corrected chi connectivity index (χ3v) is 3.59. The topological polar surface area (TPSA) is 32.0 Å². The van der Waals surface area contributed by atoms with Gasteiger partial charge in [0.2, 0.25) is 0 Å². The Balaban J connectivity index is 1.90. The van der Waals surface area contributed by atoms with Crippen LogP contribution in [0, 0.1) is 0 Å². The van der Waals surface area contributed by atoms with Crippen LogP contribution in [0.5, 0.6) is 0 Å². The zero-order chi connectivity index (χ0) is 15.2. The Morgan fingerprint density at radius 3 is 2.76 bits per heavy atom. The predicted octanol–water partition coefficient (Wildman–Crippen LogP) is 3.31. The Morgan fingerprint density at radius 1 is 1.38 bits per heavy atom. The molecule has 0 amide bonds. The average molecular weight is 297 g/mol. The van der Waals surface area contributed by atoms with Crippen molar-refractivity contribution in [2.75, 3.05) is 6.54 Å². The minimum absolute atomic E-state index is 0.184. The van der Waals surface area contributed by atoms with Crippen LogP contribution in [0.25, 0.3) is 0 Å². The molecular weight excluding hydrogens is 283 g/mol. The average Bonchev–Trinajstić information content (AvgIpc) is 3.05. The summed E-state index contributed by atoms with van der Waals surface area (Å²) in [6.45, 7) is 3.10. The van der Waals surface area contributed by atoms with Gasteiger partial charge in [-0.2, -0.15) is 18.2 Å². The van der Waals surface area contributed by atoms with E-state index < -0.39 is 12.2 Å². The van der Waals surface area contributed by atoms with E-state index in [1.165, 1.54) is 16.3 Å². The highest BCUT2D eigenvalue weighted by Crippen LogP contribution is 2.34. The summed E-state index contributed by atoms with van der Waals surface area (Å²) in [6.07, 6.45) is 2.26. The number of halogens is 3. The Bertz CT molecular complexity index is 628. The summed E-state index contributed by atoms with van der Waals surface area (Å²) in [5.74, 6) is 0.516. The molecule has 0 saturated carbocycles. The van der Waals surface area contributed by atoms with Crippen LogP contribution in [-0.4, -0.2) is 34.5 Å². The molecule has 1 aromatic rings. The monoisotopic (exact) mass is 297 g/mol. The second-order valence-electron chi connectivity index (χ2n) is 5.01. The summed E-state index contributed by atoms with van der Waals surface area (Å²) in [4.78, 5) is 4.41. The van der Waals surface area contributed by atoms with Crippen molar-refractivity contribution in [2.24, 2.45) is 4.99 Å². The van der Waals surface area contributed by atoms with Gasteiger partial charge >= 0.3 is 6.18 Å². The minimum Gasteiger partial charge on any atom is -0.472 e. The molecule has 1 aromatic heterocycles. The van der Waals surface area contributed by atoms with Crippen LogP contribution in [0.2, 0.25) is 0 Å². The largest absolute Gasteiger partial charge is 0.472 e. The van der Waals surface area contributed by atoms with Crippen molar-refractivity contribution in [2.45, 2.75) is 26.1 Å². The fourth-order valence-corrected chi connectivity index (χ4v) is 2.42. The summed E-state index contributed by atoms with van der Waals surface area (Å²) >= 11 is 0. The van der Waals surface area contributed by atoms with Crippen LogP contribution in [0.1, 0.15) is 19.4 Å². The first-order chi connectivity index (χ1) is 9.88. The molecule has 0 aliphatic carbocycles. The van der Waals surface area contributed by atoms with Gasteiger partial charge in [0, 0.05) is 17.8 Å². The molecule has 4 nitrogen and oxygen atoms in total. The van der Waals surface area contributed by atoms with Crippen molar-refractivity contribution in [3.05, 3.63) is 47.8 Å². The number of hydrogen-bond donors (Lipinski definition) is 0. The second kappa shape index (κ2) is 4.77. The molecule has 21 heavy (non-hydrogen) atoms. The SMILES string of the molecule is CC1=CC(c2ccoc2)=NC2=CCN([C@H](C)C(F)(F)F)N12. The molecule has 3 rings (SSSR count). The molecule has 0 N–H and O–H groups in total. The zero-order valence-corrected chi connectivity index (χ0v) is 11.6. The van der Waals surface area contributed by atoms with Crippen LogP contribution >= 0.6 is 0 Å². The van der Waals surface area contributed by atoms with Gasteiger partial charge in [0.25, 0.3) is 0 Å². The van der Waals surface area contributed by atoms with Crippen molar-refractivity contribution in [1.82, 2.24) is 10.0 Å². The first kappa shape index (κ1) is 13.9. The number of hydrazine groups is 1. The molecule has 0 bridgehead atoms. The molecule has 2 aliphatic rings. The number of rotatable bonds is 2. The molecule has 0 fully saturated rings. The number of fused-ring (bicyclic) bond motifs is 1. The van der Waals surface area contributed by atoms with Crippen LogP contribution in [0.4, 0.5) is 13.2 Å². The van der Waals surface area contributed by atoms with E-state index >= 15 is 0 Å². The molecule has 3 heterocycles. The number of aliphatic imine (C=N–C) groups is 1. The number of alkyl halides is 3. The van der Waals surface area contributed by atoms with Gasteiger partial charge in [0.1, 0.15) is 11.9 Å². The van der Waals surface area contributed by atoms with Crippen LogP contribution in [0.15, 0.2) is 51.7 Å². The van der Waals surface area contributed by atoms with Crippen molar-refractivity contribution in [1.29, 1.82) is 0 Å². The van der Waals surface area contributed by atoms with Crippen molar-refractivity contribution < 1.29 is 17.6 Å². The van der Waals surface area contributed by atoms with Crippen LogP contribution in [-0.2, 0) is 0 Å². The van der Waals surface area contributed by atoms with Gasteiger partial charge in [-0.25, -0.2) is 4.99 Å². The third-order valence-electron chi connectivity index (χ3n) is 3.59. The van der Waals surface area contributed by atoms with Crippen LogP contribution in [0.3, 0.4) is 0 Å². The molecule has 0 spiro atoms. The normalized spacial score (nSPS) is 20.8. The lowest BCUT2D eigenvalue weighted by Crippen LogP contribution is -2.49. The number of furan rings is 1. The van der Waals surface area contributed by atoms with E-state index in [1.807, 2.05) is 0 Å². The molecular formula is C14H14F3N3O. The predicted molar refractivity (Wildman–Crippen MR) is 71.1 cm³/mol. The van der Waals surface area contributed by atoms with Gasteiger partial charge in [-0.05, 0) is 32.1 Å².